The van der Waals surface area contributed by atoms with Crippen molar-refractivity contribution in [1.29, 1.82) is 0 Å². The minimum Gasteiger partial charge on any atom is -0.484 e. The van der Waals surface area contributed by atoms with Crippen LogP contribution in [0, 0.1) is 5.41 Å². The molecule has 1 aliphatic heterocycles. The van der Waals surface area contributed by atoms with Crippen LogP contribution in [0.4, 0.5) is 16.4 Å². The van der Waals surface area contributed by atoms with E-state index in [1.165, 1.54) is 6.42 Å². The summed E-state index contributed by atoms with van der Waals surface area (Å²) in [6.45, 7) is 10.9. The third-order valence-corrected chi connectivity index (χ3v) is 9.57. The Hall–Kier alpha value is -4.75. The summed E-state index contributed by atoms with van der Waals surface area (Å²) in [5.74, 6) is 2.08. The number of piperidine rings is 1. The molecule has 13 heteroatoms. The van der Waals surface area contributed by atoms with E-state index in [1.807, 2.05) is 85.9 Å². The van der Waals surface area contributed by atoms with Gasteiger partial charge in [-0.15, -0.1) is 15.2 Å². The van der Waals surface area contributed by atoms with Crippen LogP contribution >= 0.6 is 0 Å². The quantitative estimate of drug-likeness (QED) is 0.170. The summed E-state index contributed by atoms with van der Waals surface area (Å²) in [5, 5.41) is 18.4. The molecule has 1 saturated heterocycles. The minimum absolute atomic E-state index is 0.170. The number of benzene rings is 1. The Labute approximate surface area is 294 Å². The van der Waals surface area contributed by atoms with E-state index in [2.05, 4.69) is 54.5 Å². The van der Waals surface area contributed by atoms with Gasteiger partial charge in [0, 0.05) is 36.3 Å². The Morgan fingerprint density at radius 1 is 1.10 bits per heavy atom. The first kappa shape index (κ1) is 35.1. The third kappa shape index (κ3) is 8.33. The number of anilines is 1. The molecule has 3 atom stereocenters. The second-order valence-corrected chi connectivity index (χ2v) is 14.8. The number of amidine groups is 1. The van der Waals surface area contributed by atoms with Gasteiger partial charge in [-0.25, -0.2) is 4.79 Å². The average molecular weight is 683 g/mol. The van der Waals surface area contributed by atoms with E-state index in [0.29, 0.717) is 24.0 Å². The zero-order valence-electron chi connectivity index (χ0n) is 30.2. The van der Waals surface area contributed by atoms with Crippen LogP contribution in [0.2, 0.25) is 0 Å². The van der Waals surface area contributed by atoms with Crippen LogP contribution in [0.3, 0.4) is 0 Å². The van der Waals surface area contributed by atoms with Gasteiger partial charge in [-0.3, -0.25) is 14.4 Å². The van der Waals surface area contributed by atoms with Gasteiger partial charge in [0.15, 0.2) is 11.3 Å². The van der Waals surface area contributed by atoms with Crippen molar-refractivity contribution in [3.63, 3.8) is 0 Å². The molecule has 2 aliphatic rings. The summed E-state index contributed by atoms with van der Waals surface area (Å²) in [7, 11) is 4.06. The number of nitrogens with two attached hydrogens (primary N) is 2. The Morgan fingerprint density at radius 2 is 1.90 bits per heavy atom. The van der Waals surface area contributed by atoms with Crippen molar-refractivity contribution in [1.82, 2.24) is 34.6 Å². The number of hydrogen-bond acceptors (Lipinski definition) is 8. The molecule has 13 nitrogen and oxygen atoms in total. The normalized spacial score (nSPS) is 20.3. The summed E-state index contributed by atoms with van der Waals surface area (Å²) in [5.41, 5.74) is 10.5. The number of hydrogen-bond donors (Lipinski definition) is 3. The molecule has 0 saturated carbocycles. The summed E-state index contributed by atoms with van der Waals surface area (Å²) >= 11 is 0. The average Bonchev–Trinajstić information content (AvgIpc) is 3.71. The smallest absolute Gasteiger partial charge is 0.346 e. The van der Waals surface area contributed by atoms with Crippen LogP contribution in [0.1, 0.15) is 83.1 Å². The molecule has 1 aromatic carbocycles. The van der Waals surface area contributed by atoms with Gasteiger partial charge in [0.25, 0.3) is 0 Å². The largest absolute Gasteiger partial charge is 0.484 e. The number of nitrogens with one attached hydrogen (secondary N) is 1. The molecule has 50 heavy (non-hydrogen) atoms. The third-order valence-electron chi connectivity index (χ3n) is 9.57. The van der Waals surface area contributed by atoms with Crippen LogP contribution in [-0.2, 0) is 6.54 Å². The number of allylic oxidation sites excluding steroid dienone is 1. The Morgan fingerprint density at radius 3 is 2.66 bits per heavy atom. The molecule has 4 heterocycles. The standard InChI is InChI=1S/C37H51N11O2/c1-25-11-9-10-18-47(25)36-44-43-34-17-14-27(24-48(34)36)50-31-16-15-30(28-12-7-8-13-29(28)31)41-35(49)42-33(21-32(38)37(2,3)4)40-26-22-39-46(23-26)20-19-45(5)6/h7-8,12-14,17,21-25,30-31H,9-11,15-16,18-20,38H2,1-6H3,(H2,40,41,42,49)/p+1/b32-21-/t25-,30-,31+/m0/s1. The zero-order chi connectivity index (χ0) is 35.4. The van der Waals surface area contributed by atoms with E-state index in [1.54, 1.807) is 12.3 Å². The molecule has 5 N–H and O–H groups in total. The minimum atomic E-state index is -0.425. The number of fused-ring (bicyclic) bond motifs is 2. The first-order valence-electron chi connectivity index (χ1n) is 17.7. The molecule has 266 valence electrons. The molecule has 1 aliphatic carbocycles. The molecule has 3 aromatic heterocycles. The number of urea groups is 1. The maximum absolute atomic E-state index is 13.5. The lowest BCUT2D eigenvalue weighted by atomic mass is 9.85. The van der Waals surface area contributed by atoms with Crippen LogP contribution in [-0.4, -0.2) is 74.4 Å². The SMILES string of the molecule is C[C@H]1CCCCN1c1nnc2ccc(O[C@@H]3CC[C@H](NC(=O)/N=C(\C=C(/N)C(C)(C)C)[NH2+]c4cnn(CCN(C)C)c4)c4ccccc43)cn12. The molecule has 2 amide bonds. The van der Waals surface area contributed by atoms with Crippen molar-refractivity contribution in [3.05, 3.63) is 77.9 Å². The first-order valence-corrected chi connectivity index (χ1v) is 17.7. The molecule has 0 radical (unpaired) electrons. The Balaban J connectivity index is 1.18. The molecule has 6 rings (SSSR count). The summed E-state index contributed by atoms with van der Waals surface area (Å²) in [4.78, 5) is 22.5. The van der Waals surface area contributed by atoms with Crippen LogP contribution in [0.15, 0.2) is 71.8 Å². The number of nitrogens with zero attached hydrogens (tertiary/aromatic N) is 8. The van der Waals surface area contributed by atoms with Crippen molar-refractivity contribution in [2.75, 3.05) is 32.1 Å². The lowest BCUT2D eigenvalue weighted by Crippen LogP contribution is -2.82. The molecular formula is C37H52N11O2+. The topological polar surface area (TPSA) is 148 Å². The van der Waals surface area contributed by atoms with Crippen molar-refractivity contribution in [2.24, 2.45) is 16.1 Å². The van der Waals surface area contributed by atoms with Crippen molar-refractivity contribution < 1.29 is 14.8 Å². The number of rotatable bonds is 9. The van der Waals surface area contributed by atoms with E-state index >= 15 is 0 Å². The number of aliphatic imine (C=N–C) groups is 1. The van der Waals surface area contributed by atoms with Gasteiger partial charge in [0.2, 0.25) is 11.8 Å². The number of ether oxygens (including phenoxy) is 1. The van der Waals surface area contributed by atoms with E-state index in [0.717, 1.165) is 73.1 Å². The Kier molecular flexibility index (Phi) is 10.5. The summed E-state index contributed by atoms with van der Waals surface area (Å²) in [6, 6.07) is 11.9. The van der Waals surface area contributed by atoms with E-state index in [-0.39, 0.29) is 17.6 Å². The first-order chi connectivity index (χ1) is 23.9. The number of amides is 2. The number of quaternary nitrogens is 1. The fourth-order valence-corrected chi connectivity index (χ4v) is 6.54. The van der Waals surface area contributed by atoms with Gasteiger partial charge in [-0.2, -0.15) is 5.10 Å². The lowest BCUT2D eigenvalue weighted by Gasteiger charge is -2.33. The fourth-order valence-electron chi connectivity index (χ4n) is 6.54. The second kappa shape index (κ2) is 15.0. The number of aromatic nitrogens is 5. The number of carbonyl (C=O) groups is 1. The number of carbonyl (C=O) groups excluding carboxylic acids is 1. The van der Waals surface area contributed by atoms with Gasteiger partial charge in [0.1, 0.15) is 18.1 Å². The zero-order valence-corrected chi connectivity index (χ0v) is 30.2. The van der Waals surface area contributed by atoms with Crippen molar-refractivity contribution in [2.45, 2.75) is 84.5 Å². The molecule has 0 spiro atoms. The molecule has 0 unspecified atom stereocenters. The summed E-state index contributed by atoms with van der Waals surface area (Å²) < 4.78 is 10.6. The number of pyridine rings is 1. The highest BCUT2D eigenvalue weighted by Gasteiger charge is 2.30. The predicted octanol–water partition coefficient (Wildman–Crippen LogP) is 4.71. The molecular weight excluding hydrogens is 630 g/mol. The highest BCUT2D eigenvalue weighted by atomic mass is 16.5. The van der Waals surface area contributed by atoms with Crippen molar-refractivity contribution in [3.8, 4) is 5.75 Å². The van der Waals surface area contributed by atoms with Gasteiger partial charge < -0.3 is 25.6 Å². The van der Waals surface area contributed by atoms with Gasteiger partial charge >= 0.3 is 6.03 Å². The summed E-state index contributed by atoms with van der Waals surface area (Å²) in [6.07, 6.45) is 12.3. The highest BCUT2D eigenvalue weighted by Crippen LogP contribution is 2.39. The van der Waals surface area contributed by atoms with Gasteiger partial charge in [-0.1, -0.05) is 45.0 Å². The number of likely N-dealkylation sites (N-methyl/N-ethyl adjacent to an activating group) is 1. The highest BCUT2D eigenvalue weighted by molar-refractivity contribution is 5.96. The van der Waals surface area contributed by atoms with Crippen LogP contribution in [0.25, 0.3) is 5.65 Å². The maximum atomic E-state index is 13.5. The van der Waals surface area contributed by atoms with E-state index in [9.17, 15) is 4.79 Å². The van der Waals surface area contributed by atoms with E-state index in [4.69, 9.17) is 10.5 Å². The van der Waals surface area contributed by atoms with Crippen molar-refractivity contribution >= 4 is 29.1 Å². The second-order valence-electron chi connectivity index (χ2n) is 14.8. The lowest BCUT2D eigenvalue weighted by molar-refractivity contribution is -0.442. The maximum Gasteiger partial charge on any atom is 0.346 e. The molecule has 4 aromatic rings. The van der Waals surface area contributed by atoms with Gasteiger partial charge in [0.05, 0.1) is 25.0 Å². The monoisotopic (exact) mass is 682 g/mol. The van der Waals surface area contributed by atoms with Crippen LogP contribution in [0.5, 0.6) is 5.75 Å². The van der Waals surface area contributed by atoms with E-state index < -0.39 is 6.03 Å². The molecule has 1 fully saturated rings. The predicted molar refractivity (Wildman–Crippen MR) is 195 cm³/mol. The van der Waals surface area contributed by atoms with Crippen LogP contribution < -0.4 is 26.0 Å². The molecule has 0 bridgehead atoms. The fraction of sp³-hybridized carbons (Fsp3) is 0.486. The Bertz CT molecular complexity index is 1850. The van der Waals surface area contributed by atoms with Gasteiger partial charge in [-0.05, 0) is 76.4 Å².